The van der Waals surface area contributed by atoms with Crippen molar-refractivity contribution in [3.05, 3.63) is 41.2 Å². The zero-order valence-corrected chi connectivity index (χ0v) is 9.53. The lowest BCUT2D eigenvalue weighted by Crippen LogP contribution is -2.14. The van der Waals surface area contributed by atoms with E-state index in [9.17, 15) is 9.90 Å². The molecule has 2 rings (SSSR count). The number of phenols is 1. The number of phenolic OH excluding ortho intramolecular Hbond substituents is 1. The monoisotopic (exact) mass is 251 g/mol. The molecule has 5 nitrogen and oxygen atoms in total. The summed E-state index contributed by atoms with van der Waals surface area (Å²) in [6, 6.07) is 6.21. The van der Waals surface area contributed by atoms with E-state index >= 15 is 0 Å². The van der Waals surface area contributed by atoms with Crippen molar-refractivity contribution < 1.29 is 9.90 Å². The number of nitrogens with zero attached hydrogens (tertiary/aromatic N) is 1. The molecule has 0 unspecified atom stereocenters. The second-order valence-electron chi connectivity index (χ2n) is 3.47. The Balaban J connectivity index is 2.00. The molecule has 1 aromatic carbocycles. The number of carbonyl (C=O) groups excluding carboxylic acids is 1. The molecular formula is C11H10ClN3O2. The van der Waals surface area contributed by atoms with Crippen LogP contribution in [0.4, 0.5) is 5.69 Å². The Kier molecular flexibility index (Phi) is 3.30. The molecule has 1 heterocycles. The van der Waals surface area contributed by atoms with Crippen LogP contribution in [0.2, 0.25) is 5.02 Å². The van der Waals surface area contributed by atoms with E-state index < -0.39 is 0 Å². The lowest BCUT2D eigenvalue weighted by molar-refractivity contribution is -0.115. The molecule has 2 aromatic rings. The maximum absolute atomic E-state index is 11.6. The summed E-state index contributed by atoms with van der Waals surface area (Å²) >= 11 is 5.72. The maximum Gasteiger partial charge on any atom is 0.230 e. The minimum absolute atomic E-state index is 0.0155. The van der Waals surface area contributed by atoms with Crippen LogP contribution < -0.4 is 5.32 Å². The Hall–Kier alpha value is -2.01. The second kappa shape index (κ2) is 4.88. The van der Waals surface area contributed by atoms with E-state index in [1.165, 1.54) is 12.1 Å². The molecule has 0 saturated carbocycles. The van der Waals surface area contributed by atoms with Gasteiger partial charge in [0.25, 0.3) is 0 Å². The normalized spacial score (nSPS) is 10.2. The number of halogens is 1. The van der Waals surface area contributed by atoms with E-state index in [0.29, 0.717) is 5.69 Å². The van der Waals surface area contributed by atoms with Gasteiger partial charge in [0.1, 0.15) is 5.75 Å². The first-order chi connectivity index (χ1) is 8.15. The molecule has 0 atom stereocenters. The Bertz CT molecular complexity index is 526. The number of carbonyl (C=O) groups is 1. The quantitative estimate of drug-likeness (QED) is 0.730. The van der Waals surface area contributed by atoms with Gasteiger partial charge < -0.3 is 10.4 Å². The highest BCUT2D eigenvalue weighted by Crippen LogP contribution is 2.25. The van der Waals surface area contributed by atoms with E-state index in [0.717, 1.165) is 5.69 Å². The molecule has 0 spiro atoms. The zero-order valence-electron chi connectivity index (χ0n) is 8.77. The van der Waals surface area contributed by atoms with Crippen molar-refractivity contribution >= 4 is 23.2 Å². The van der Waals surface area contributed by atoms with Gasteiger partial charge in [-0.3, -0.25) is 9.89 Å². The predicted octanol–water partition coefficient (Wildman–Crippen LogP) is 1.95. The molecule has 88 valence electrons. The van der Waals surface area contributed by atoms with Crippen molar-refractivity contribution in [2.45, 2.75) is 6.42 Å². The van der Waals surface area contributed by atoms with Gasteiger partial charge >= 0.3 is 0 Å². The van der Waals surface area contributed by atoms with Crippen LogP contribution in [0.15, 0.2) is 30.5 Å². The van der Waals surface area contributed by atoms with Crippen molar-refractivity contribution in [1.82, 2.24) is 10.2 Å². The maximum atomic E-state index is 11.6. The zero-order chi connectivity index (χ0) is 12.3. The first-order valence-electron chi connectivity index (χ1n) is 4.92. The third-order valence-electron chi connectivity index (χ3n) is 2.14. The van der Waals surface area contributed by atoms with Crippen LogP contribution in [0.5, 0.6) is 5.75 Å². The highest BCUT2D eigenvalue weighted by Gasteiger charge is 2.06. The topological polar surface area (TPSA) is 78.0 Å². The summed E-state index contributed by atoms with van der Waals surface area (Å²) in [4.78, 5) is 11.6. The number of anilines is 1. The summed E-state index contributed by atoms with van der Waals surface area (Å²) in [5.74, 6) is -0.200. The minimum Gasteiger partial charge on any atom is -0.506 e. The van der Waals surface area contributed by atoms with E-state index in [4.69, 9.17) is 11.6 Å². The molecule has 0 aliphatic rings. The second-order valence-corrected chi connectivity index (χ2v) is 3.88. The molecule has 17 heavy (non-hydrogen) atoms. The van der Waals surface area contributed by atoms with Gasteiger partial charge in [-0.05, 0) is 24.3 Å². The Morgan fingerprint density at radius 1 is 1.47 bits per heavy atom. The molecule has 0 saturated heterocycles. The summed E-state index contributed by atoms with van der Waals surface area (Å²) in [7, 11) is 0. The van der Waals surface area contributed by atoms with Crippen molar-refractivity contribution in [1.29, 1.82) is 0 Å². The average molecular weight is 252 g/mol. The number of benzene rings is 1. The van der Waals surface area contributed by atoms with Crippen LogP contribution >= 0.6 is 11.6 Å². The predicted molar refractivity (Wildman–Crippen MR) is 64.0 cm³/mol. The fraction of sp³-hybridized carbons (Fsp3) is 0.0909. The van der Waals surface area contributed by atoms with Crippen LogP contribution in [0.25, 0.3) is 0 Å². The van der Waals surface area contributed by atoms with Gasteiger partial charge in [0.05, 0.1) is 11.4 Å². The van der Waals surface area contributed by atoms with Gasteiger partial charge in [-0.25, -0.2) is 0 Å². The van der Waals surface area contributed by atoms with Gasteiger partial charge in [0, 0.05) is 17.6 Å². The number of hydrogen-bond acceptors (Lipinski definition) is 3. The van der Waals surface area contributed by atoms with Crippen LogP contribution in [0, 0.1) is 0 Å². The number of aromatic amines is 1. The number of aromatic nitrogens is 2. The molecular weight excluding hydrogens is 242 g/mol. The molecule has 0 radical (unpaired) electrons. The molecule has 0 aliphatic heterocycles. The van der Waals surface area contributed by atoms with Crippen LogP contribution in [-0.2, 0) is 11.2 Å². The fourth-order valence-corrected chi connectivity index (χ4v) is 1.53. The van der Waals surface area contributed by atoms with Gasteiger partial charge in [0.2, 0.25) is 5.91 Å². The van der Waals surface area contributed by atoms with Crippen LogP contribution in [-0.4, -0.2) is 21.2 Å². The summed E-state index contributed by atoms with van der Waals surface area (Å²) in [5, 5.41) is 18.5. The number of H-pyrrole nitrogens is 1. The van der Waals surface area contributed by atoms with Gasteiger partial charge in [0.15, 0.2) is 0 Å². The summed E-state index contributed by atoms with van der Waals surface area (Å²) in [6.07, 6.45) is 1.79. The van der Waals surface area contributed by atoms with E-state index in [1.807, 2.05) is 0 Å². The SMILES string of the molecule is O=C(Cc1ccn[nH]1)Nc1ccc(O)c(Cl)c1. The van der Waals surface area contributed by atoms with Gasteiger partial charge in [-0.15, -0.1) is 0 Å². The van der Waals surface area contributed by atoms with Crippen molar-refractivity contribution in [3.8, 4) is 5.75 Å². The van der Waals surface area contributed by atoms with Crippen molar-refractivity contribution in [3.63, 3.8) is 0 Å². The highest BCUT2D eigenvalue weighted by molar-refractivity contribution is 6.32. The minimum atomic E-state index is -0.184. The smallest absolute Gasteiger partial charge is 0.230 e. The first kappa shape index (κ1) is 11.5. The molecule has 0 aliphatic carbocycles. The molecule has 6 heteroatoms. The largest absolute Gasteiger partial charge is 0.506 e. The molecule has 0 fully saturated rings. The van der Waals surface area contributed by atoms with Crippen molar-refractivity contribution in [2.75, 3.05) is 5.32 Å². The number of aromatic hydroxyl groups is 1. The first-order valence-corrected chi connectivity index (χ1v) is 5.29. The average Bonchev–Trinajstić information content (AvgIpc) is 2.76. The van der Waals surface area contributed by atoms with E-state index in [1.54, 1.807) is 18.3 Å². The lowest BCUT2D eigenvalue weighted by Gasteiger charge is -2.05. The van der Waals surface area contributed by atoms with Gasteiger partial charge in [-0.1, -0.05) is 11.6 Å². The summed E-state index contributed by atoms with van der Waals surface area (Å²) in [5.41, 5.74) is 1.27. The number of nitrogens with one attached hydrogen (secondary N) is 2. The molecule has 1 aromatic heterocycles. The third-order valence-corrected chi connectivity index (χ3v) is 2.44. The Labute approximate surface area is 102 Å². The van der Waals surface area contributed by atoms with E-state index in [2.05, 4.69) is 15.5 Å². The van der Waals surface area contributed by atoms with Crippen molar-refractivity contribution in [2.24, 2.45) is 0 Å². The van der Waals surface area contributed by atoms with Gasteiger partial charge in [-0.2, -0.15) is 5.10 Å². The highest BCUT2D eigenvalue weighted by atomic mass is 35.5. The lowest BCUT2D eigenvalue weighted by atomic mass is 10.2. The number of rotatable bonds is 3. The summed E-state index contributed by atoms with van der Waals surface area (Å²) < 4.78 is 0. The third kappa shape index (κ3) is 2.98. The fourth-order valence-electron chi connectivity index (χ4n) is 1.35. The Morgan fingerprint density at radius 2 is 2.29 bits per heavy atom. The number of hydrogen-bond donors (Lipinski definition) is 3. The van der Waals surface area contributed by atoms with E-state index in [-0.39, 0.29) is 23.1 Å². The van der Waals surface area contributed by atoms with Crippen LogP contribution in [0.1, 0.15) is 5.69 Å². The standard InChI is InChI=1S/C11H10ClN3O2/c12-9-5-7(1-2-10(9)16)14-11(17)6-8-3-4-13-15-8/h1-5,16H,6H2,(H,13,15)(H,14,17). The molecule has 1 amide bonds. The Morgan fingerprint density at radius 3 is 2.94 bits per heavy atom. The van der Waals surface area contributed by atoms with Crippen LogP contribution in [0.3, 0.4) is 0 Å². The molecule has 3 N–H and O–H groups in total. The number of amides is 1. The molecule has 0 bridgehead atoms. The summed E-state index contributed by atoms with van der Waals surface area (Å²) in [6.45, 7) is 0.